The van der Waals surface area contributed by atoms with E-state index in [9.17, 15) is 0 Å². The van der Waals surface area contributed by atoms with Crippen molar-refractivity contribution < 1.29 is 0 Å². The van der Waals surface area contributed by atoms with Crippen molar-refractivity contribution >= 4 is 29.6 Å². The summed E-state index contributed by atoms with van der Waals surface area (Å²) >= 11 is 5.47. The monoisotopic (exact) mass is 339 g/mol. The smallest absolute Gasteiger partial charge is 0.187 e. The van der Waals surface area contributed by atoms with Crippen LogP contribution in [0.15, 0.2) is 41.5 Å². The van der Waals surface area contributed by atoms with Crippen LogP contribution in [0.1, 0.15) is 44.1 Å². The van der Waals surface area contributed by atoms with Crippen molar-refractivity contribution in [2.75, 3.05) is 0 Å². The predicted octanol–water partition coefficient (Wildman–Crippen LogP) is 4.12. The highest BCUT2D eigenvalue weighted by molar-refractivity contribution is 7.80. The molecule has 1 aromatic rings. The topological polar surface area (TPSA) is 36.4 Å². The summed E-state index contributed by atoms with van der Waals surface area (Å²) in [6, 6.07) is 10.2. The van der Waals surface area contributed by atoms with Crippen molar-refractivity contribution in [3.05, 3.63) is 42.0 Å². The molecule has 0 aromatic heterocycles. The highest BCUT2D eigenvalue weighted by Gasteiger charge is 2.51. The molecule has 2 N–H and O–H groups in total. The van der Waals surface area contributed by atoms with Crippen LogP contribution in [0.25, 0.3) is 6.08 Å². The van der Waals surface area contributed by atoms with Crippen LogP contribution in [0.5, 0.6) is 0 Å². The zero-order chi connectivity index (χ0) is 16.4. The Morgan fingerprint density at radius 3 is 2.29 bits per heavy atom. The molecule has 4 aliphatic carbocycles. The van der Waals surface area contributed by atoms with Crippen LogP contribution in [0.3, 0.4) is 0 Å². The van der Waals surface area contributed by atoms with Gasteiger partial charge in [0.25, 0.3) is 0 Å². The Morgan fingerprint density at radius 1 is 1.04 bits per heavy atom. The average molecular weight is 340 g/mol. The lowest BCUT2D eigenvalue weighted by Crippen LogP contribution is -2.61. The second-order valence-corrected chi connectivity index (χ2v) is 8.22. The van der Waals surface area contributed by atoms with Crippen LogP contribution in [0.2, 0.25) is 0 Å². The average Bonchev–Trinajstić information content (AvgIpc) is 2.53. The Hall–Kier alpha value is -1.68. The van der Waals surface area contributed by atoms with Gasteiger partial charge in [0.15, 0.2) is 5.11 Å². The molecule has 0 spiro atoms. The lowest BCUT2D eigenvalue weighted by Gasteiger charge is -2.57. The Labute approximate surface area is 149 Å². The van der Waals surface area contributed by atoms with Gasteiger partial charge in [-0.25, -0.2) is 0 Å². The molecule has 126 valence electrons. The number of rotatable bonds is 4. The second kappa shape index (κ2) is 6.67. The predicted molar refractivity (Wildman–Crippen MR) is 104 cm³/mol. The van der Waals surface area contributed by atoms with E-state index in [0.29, 0.717) is 5.11 Å². The quantitative estimate of drug-likeness (QED) is 0.492. The molecular weight excluding hydrogens is 314 g/mol. The Bertz CT molecular complexity index is 615. The molecule has 0 radical (unpaired) electrons. The van der Waals surface area contributed by atoms with Gasteiger partial charge >= 0.3 is 0 Å². The number of thiocarbonyl (C=S) groups is 1. The second-order valence-electron chi connectivity index (χ2n) is 7.81. The van der Waals surface area contributed by atoms with Crippen molar-refractivity contribution in [3.63, 3.8) is 0 Å². The fourth-order valence-corrected chi connectivity index (χ4v) is 5.66. The van der Waals surface area contributed by atoms with E-state index in [1.54, 1.807) is 6.21 Å². The first-order valence-corrected chi connectivity index (χ1v) is 9.45. The molecule has 4 saturated carbocycles. The summed E-state index contributed by atoms with van der Waals surface area (Å²) in [5.74, 6) is 2.76. The summed E-state index contributed by atoms with van der Waals surface area (Å²) in [6.45, 7) is 0. The first-order chi connectivity index (χ1) is 11.7. The van der Waals surface area contributed by atoms with Gasteiger partial charge in [0, 0.05) is 11.8 Å². The minimum absolute atomic E-state index is 0.244. The first kappa shape index (κ1) is 15.8. The molecule has 0 aliphatic heterocycles. The fraction of sp³-hybridized carbons (Fsp3) is 0.500. The number of nitrogens with zero attached hydrogens (tertiary/aromatic N) is 1. The molecule has 0 heterocycles. The number of hydrogen-bond acceptors (Lipinski definition) is 2. The van der Waals surface area contributed by atoms with Crippen molar-refractivity contribution in [2.24, 2.45) is 22.9 Å². The van der Waals surface area contributed by atoms with E-state index in [1.165, 1.54) is 44.1 Å². The SMILES string of the molecule is S=C(N/N=C\C=C\c1ccccc1)NC12CC3CC(CC(C3)C1)C2. The van der Waals surface area contributed by atoms with Gasteiger partial charge in [-0.1, -0.05) is 36.4 Å². The van der Waals surface area contributed by atoms with Crippen LogP contribution in [-0.2, 0) is 0 Å². The summed E-state index contributed by atoms with van der Waals surface area (Å²) in [7, 11) is 0. The first-order valence-electron chi connectivity index (χ1n) is 9.04. The van der Waals surface area contributed by atoms with Crippen molar-refractivity contribution in [1.29, 1.82) is 0 Å². The molecular formula is C20H25N3S. The maximum atomic E-state index is 5.47. The number of benzene rings is 1. The van der Waals surface area contributed by atoms with Gasteiger partial charge < -0.3 is 5.32 Å². The van der Waals surface area contributed by atoms with E-state index < -0.39 is 0 Å². The minimum Gasteiger partial charge on any atom is -0.356 e. The van der Waals surface area contributed by atoms with Crippen LogP contribution in [0.4, 0.5) is 0 Å². The minimum atomic E-state index is 0.244. The van der Waals surface area contributed by atoms with E-state index >= 15 is 0 Å². The van der Waals surface area contributed by atoms with Gasteiger partial charge in [0.2, 0.25) is 0 Å². The van der Waals surface area contributed by atoms with Gasteiger partial charge in [-0.15, -0.1) is 0 Å². The van der Waals surface area contributed by atoms with Crippen LogP contribution >= 0.6 is 12.2 Å². The molecule has 0 unspecified atom stereocenters. The van der Waals surface area contributed by atoms with Crippen molar-refractivity contribution in [2.45, 2.75) is 44.1 Å². The van der Waals surface area contributed by atoms with Gasteiger partial charge in [-0.2, -0.15) is 5.10 Å². The Morgan fingerprint density at radius 2 is 1.67 bits per heavy atom. The highest BCUT2D eigenvalue weighted by atomic mass is 32.1. The molecule has 24 heavy (non-hydrogen) atoms. The third-order valence-electron chi connectivity index (χ3n) is 5.83. The Kier molecular flexibility index (Phi) is 4.40. The van der Waals surface area contributed by atoms with Gasteiger partial charge in [-0.3, -0.25) is 5.43 Å². The molecule has 0 saturated heterocycles. The summed E-state index contributed by atoms with van der Waals surface area (Å²) in [4.78, 5) is 0. The fourth-order valence-electron chi connectivity index (χ4n) is 5.39. The molecule has 4 fully saturated rings. The Balaban J connectivity index is 1.28. The summed E-state index contributed by atoms with van der Waals surface area (Å²) in [5, 5.41) is 8.50. The van der Waals surface area contributed by atoms with Crippen LogP contribution < -0.4 is 10.7 Å². The summed E-state index contributed by atoms with van der Waals surface area (Å²) < 4.78 is 0. The maximum absolute atomic E-state index is 5.47. The van der Waals surface area contributed by atoms with E-state index in [2.05, 4.69) is 28.0 Å². The molecule has 5 rings (SSSR count). The van der Waals surface area contributed by atoms with E-state index in [0.717, 1.165) is 17.8 Å². The zero-order valence-electron chi connectivity index (χ0n) is 13.9. The van der Waals surface area contributed by atoms with Gasteiger partial charge in [0.1, 0.15) is 0 Å². The molecule has 4 bridgehead atoms. The highest BCUT2D eigenvalue weighted by Crippen LogP contribution is 2.55. The molecule has 3 nitrogen and oxygen atoms in total. The van der Waals surface area contributed by atoms with Crippen molar-refractivity contribution in [1.82, 2.24) is 10.7 Å². The van der Waals surface area contributed by atoms with Gasteiger partial charge in [-0.05, 0) is 80.1 Å². The largest absolute Gasteiger partial charge is 0.356 e. The van der Waals surface area contributed by atoms with Gasteiger partial charge in [0.05, 0.1) is 0 Å². The third-order valence-corrected chi connectivity index (χ3v) is 6.03. The van der Waals surface area contributed by atoms with Crippen molar-refractivity contribution in [3.8, 4) is 0 Å². The van der Waals surface area contributed by atoms with E-state index in [-0.39, 0.29) is 5.54 Å². The number of allylic oxidation sites excluding steroid dienone is 1. The molecule has 1 aromatic carbocycles. The number of hydrazone groups is 1. The molecule has 0 atom stereocenters. The number of hydrogen-bond donors (Lipinski definition) is 2. The van der Waals surface area contributed by atoms with E-state index in [4.69, 9.17) is 12.2 Å². The molecule has 0 amide bonds. The maximum Gasteiger partial charge on any atom is 0.187 e. The van der Waals surface area contributed by atoms with Crippen LogP contribution in [-0.4, -0.2) is 16.9 Å². The van der Waals surface area contributed by atoms with Crippen LogP contribution in [0, 0.1) is 17.8 Å². The lowest BCUT2D eigenvalue weighted by molar-refractivity contribution is -0.0101. The van der Waals surface area contributed by atoms with E-state index in [1.807, 2.05) is 30.4 Å². The standard InChI is InChI=1S/C20H25N3S/c24-19(23-21-8-4-7-15-5-2-1-3-6-15)22-20-12-16-9-17(13-20)11-18(10-16)14-20/h1-8,16-18H,9-14H2,(H2,22,23,24)/b7-4+,21-8-. The third kappa shape index (κ3) is 3.54. The molecule has 4 aliphatic rings. The summed E-state index contributed by atoms with van der Waals surface area (Å²) in [5.41, 5.74) is 4.39. The number of nitrogens with one attached hydrogen (secondary N) is 2. The molecule has 4 heteroatoms. The zero-order valence-corrected chi connectivity index (χ0v) is 14.8. The summed E-state index contributed by atoms with van der Waals surface area (Å²) in [6.07, 6.45) is 13.9. The normalized spacial score (nSPS) is 34.1. The lowest BCUT2D eigenvalue weighted by atomic mass is 9.53.